The van der Waals surface area contributed by atoms with E-state index < -0.39 is 5.97 Å². The quantitative estimate of drug-likeness (QED) is 0.867. The number of carbonyl (C=O) groups is 2. The highest BCUT2D eigenvalue weighted by molar-refractivity contribution is 5.79. The number of piperazine rings is 1. The Morgan fingerprint density at radius 2 is 1.67 bits per heavy atom. The second kappa shape index (κ2) is 7.61. The molecular formula is C17H24N4O3. The average Bonchev–Trinajstić information content (AvgIpc) is 2.62. The molecule has 0 saturated carbocycles. The van der Waals surface area contributed by atoms with Crippen molar-refractivity contribution >= 4 is 17.6 Å². The monoisotopic (exact) mass is 332 g/mol. The number of hydrogen-bond acceptors (Lipinski definition) is 5. The average molecular weight is 332 g/mol. The SMILES string of the molecule is O=C(O)CN1CCC(C(=O)N2CCN(c3ccncc3)CC2)CC1. The van der Waals surface area contributed by atoms with Gasteiger partial charge in [-0.2, -0.15) is 0 Å². The van der Waals surface area contributed by atoms with E-state index in [0.29, 0.717) is 13.1 Å². The first kappa shape index (κ1) is 16.7. The third-order valence-corrected chi connectivity index (χ3v) is 4.91. The van der Waals surface area contributed by atoms with Crippen molar-refractivity contribution < 1.29 is 14.7 Å². The zero-order chi connectivity index (χ0) is 16.9. The number of likely N-dealkylation sites (tertiary alicyclic amines) is 1. The standard InChI is InChI=1S/C17H24N4O3/c22-16(23)13-19-7-3-14(4-8-19)17(24)21-11-9-20(10-12-21)15-1-5-18-6-2-15/h1-2,5-6,14H,3-4,7-13H2,(H,22,23). The van der Waals surface area contributed by atoms with Crippen LogP contribution in [0.3, 0.4) is 0 Å². The molecule has 1 amide bonds. The molecule has 0 aromatic carbocycles. The van der Waals surface area contributed by atoms with Crippen LogP contribution >= 0.6 is 0 Å². The van der Waals surface area contributed by atoms with Crippen LogP contribution in [-0.4, -0.2) is 77.6 Å². The van der Waals surface area contributed by atoms with Crippen LogP contribution in [0.15, 0.2) is 24.5 Å². The maximum absolute atomic E-state index is 12.7. The Kier molecular flexibility index (Phi) is 5.30. The normalized spacial score (nSPS) is 20.2. The molecule has 0 bridgehead atoms. The number of carbonyl (C=O) groups excluding carboxylic acids is 1. The molecule has 2 fully saturated rings. The molecule has 1 aromatic heterocycles. The van der Waals surface area contributed by atoms with Crippen LogP contribution in [0.5, 0.6) is 0 Å². The third kappa shape index (κ3) is 4.03. The van der Waals surface area contributed by atoms with Gasteiger partial charge < -0.3 is 14.9 Å². The lowest BCUT2D eigenvalue weighted by Gasteiger charge is -2.39. The summed E-state index contributed by atoms with van der Waals surface area (Å²) in [5.41, 5.74) is 1.15. The predicted molar refractivity (Wildman–Crippen MR) is 89.8 cm³/mol. The fourth-order valence-electron chi connectivity index (χ4n) is 3.53. The van der Waals surface area contributed by atoms with Gasteiger partial charge in [0, 0.05) is 50.2 Å². The lowest BCUT2D eigenvalue weighted by molar-refractivity contribution is -0.139. The van der Waals surface area contributed by atoms with Crippen molar-refractivity contribution in [3.05, 3.63) is 24.5 Å². The van der Waals surface area contributed by atoms with Crippen LogP contribution in [0.1, 0.15) is 12.8 Å². The molecule has 0 spiro atoms. The lowest BCUT2D eigenvalue weighted by Crippen LogP contribution is -2.51. The van der Waals surface area contributed by atoms with Crippen LogP contribution in [0.2, 0.25) is 0 Å². The van der Waals surface area contributed by atoms with E-state index in [0.717, 1.165) is 44.7 Å². The van der Waals surface area contributed by atoms with Crippen LogP contribution in [0.25, 0.3) is 0 Å². The van der Waals surface area contributed by atoms with Crippen molar-refractivity contribution in [2.24, 2.45) is 5.92 Å². The van der Waals surface area contributed by atoms with E-state index in [1.807, 2.05) is 21.9 Å². The van der Waals surface area contributed by atoms with Crippen LogP contribution in [-0.2, 0) is 9.59 Å². The molecule has 1 aromatic rings. The summed E-state index contributed by atoms with van der Waals surface area (Å²) in [6, 6.07) is 3.99. The second-order valence-electron chi connectivity index (χ2n) is 6.46. The maximum atomic E-state index is 12.7. The van der Waals surface area contributed by atoms with Crippen LogP contribution in [0.4, 0.5) is 5.69 Å². The predicted octanol–water partition coefficient (Wildman–Crippen LogP) is 0.527. The molecule has 0 aliphatic carbocycles. The van der Waals surface area contributed by atoms with Crippen molar-refractivity contribution in [1.82, 2.24) is 14.8 Å². The third-order valence-electron chi connectivity index (χ3n) is 4.91. The molecule has 1 N–H and O–H groups in total. The minimum atomic E-state index is -0.799. The summed E-state index contributed by atoms with van der Waals surface area (Å²) in [5.74, 6) is -0.520. The molecule has 130 valence electrons. The Morgan fingerprint density at radius 1 is 1.04 bits per heavy atom. The van der Waals surface area contributed by atoms with Crippen molar-refractivity contribution in [2.75, 3.05) is 50.7 Å². The number of rotatable bonds is 4. The first-order valence-electron chi connectivity index (χ1n) is 8.51. The second-order valence-corrected chi connectivity index (χ2v) is 6.46. The molecule has 0 unspecified atom stereocenters. The van der Waals surface area contributed by atoms with Gasteiger partial charge in [0.15, 0.2) is 0 Å². The number of hydrogen-bond donors (Lipinski definition) is 1. The Morgan fingerprint density at radius 3 is 2.25 bits per heavy atom. The highest BCUT2D eigenvalue weighted by Crippen LogP contribution is 2.21. The topological polar surface area (TPSA) is 77.0 Å². The van der Waals surface area contributed by atoms with E-state index in [-0.39, 0.29) is 18.4 Å². The summed E-state index contributed by atoms with van der Waals surface area (Å²) in [6.07, 6.45) is 5.10. The largest absolute Gasteiger partial charge is 0.480 e. The summed E-state index contributed by atoms with van der Waals surface area (Å²) in [6.45, 7) is 4.64. The highest BCUT2D eigenvalue weighted by Gasteiger charge is 2.30. The Labute approximate surface area is 141 Å². The first-order chi connectivity index (χ1) is 11.6. The van der Waals surface area contributed by atoms with E-state index in [1.54, 1.807) is 12.4 Å². The molecule has 0 radical (unpaired) electrons. The Bertz CT molecular complexity index is 564. The van der Waals surface area contributed by atoms with Gasteiger partial charge in [0.2, 0.25) is 5.91 Å². The number of aromatic nitrogens is 1. The zero-order valence-corrected chi connectivity index (χ0v) is 13.8. The van der Waals surface area contributed by atoms with E-state index in [1.165, 1.54) is 0 Å². The van der Waals surface area contributed by atoms with Crippen molar-refractivity contribution in [3.8, 4) is 0 Å². The van der Waals surface area contributed by atoms with Crippen LogP contribution < -0.4 is 4.90 Å². The molecule has 24 heavy (non-hydrogen) atoms. The van der Waals surface area contributed by atoms with Gasteiger partial charge in [0.25, 0.3) is 0 Å². The zero-order valence-electron chi connectivity index (χ0n) is 13.8. The van der Waals surface area contributed by atoms with Gasteiger partial charge in [-0.15, -0.1) is 0 Å². The van der Waals surface area contributed by atoms with E-state index in [2.05, 4.69) is 9.88 Å². The number of piperidine rings is 1. The fourth-order valence-corrected chi connectivity index (χ4v) is 3.53. The Hall–Kier alpha value is -2.15. The molecule has 3 heterocycles. The van der Waals surface area contributed by atoms with Gasteiger partial charge in [-0.25, -0.2) is 0 Å². The molecule has 2 aliphatic heterocycles. The number of carboxylic acids is 1. The molecule has 7 heteroatoms. The number of anilines is 1. The van der Waals surface area contributed by atoms with Gasteiger partial charge in [0.05, 0.1) is 6.54 Å². The molecule has 3 rings (SSSR count). The Balaban J connectivity index is 1.47. The van der Waals surface area contributed by atoms with E-state index >= 15 is 0 Å². The number of nitrogens with zero attached hydrogens (tertiary/aromatic N) is 4. The fraction of sp³-hybridized carbons (Fsp3) is 0.588. The minimum Gasteiger partial charge on any atom is -0.480 e. The van der Waals surface area contributed by atoms with Crippen LogP contribution in [0, 0.1) is 5.92 Å². The number of carboxylic acid groups (broad SMARTS) is 1. The summed E-state index contributed by atoms with van der Waals surface area (Å²) >= 11 is 0. The summed E-state index contributed by atoms with van der Waals surface area (Å²) < 4.78 is 0. The van der Waals surface area contributed by atoms with Gasteiger partial charge in [-0.1, -0.05) is 0 Å². The lowest BCUT2D eigenvalue weighted by atomic mass is 9.95. The number of pyridine rings is 1. The van der Waals surface area contributed by atoms with Crippen molar-refractivity contribution in [3.63, 3.8) is 0 Å². The van der Waals surface area contributed by atoms with Crippen molar-refractivity contribution in [1.29, 1.82) is 0 Å². The summed E-state index contributed by atoms with van der Waals surface area (Å²) in [5, 5.41) is 8.84. The maximum Gasteiger partial charge on any atom is 0.317 e. The van der Waals surface area contributed by atoms with Gasteiger partial charge in [-0.05, 0) is 38.1 Å². The summed E-state index contributed by atoms with van der Waals surface area (Å²) in [4.78, 5) is 33.6. The number of aliphatic carboxylic acids is 1. The minimum absolute atomic E-state index is 0.0440. The van der Waals surface area contributed by atoms with E-state index in [4.69, 9.17) is 5.11 Å². The van der Waals surface area contributed by atoms with Gasteiger partial charge in [-0.3, -0.25) is 19.5 Å². The number of amides is 1. The molecule has 7 nitrogen and oxygen atoms in total. The molecule has 0 atom stereocenters. The molecular weight excluding hydrogens is 308 g/mol. The highest BCUT2D eigenvalue weighted by atomic mass is 16.4. The molecule has 2 aliphatic rings. The molecule has 2 saturated heterocycles. The smallest absolute Gasteiger partial charge is 0.317 e. The first-order valence-corrected chi connectivity index (χ1v) is 8.51. The van der Waals surface area contributed by atoms with Gasteiger partial charge in [0.1, 0.15) is 0 Å². The summed E-state index contributed by atoms with van der Waals surface area (Å²) in [7, 11) is 0. The van der Waals surface area contributed by atoms with Crippen molar-refractivity contribution in [2.45, 2.75) is 12.8 Å². The van der Waals surface area contributed by atoms with E-state index in [9.17, 15) is 9.59 Å². The van der Waals surface area contributed by atoms with Gasteiger partial charge >= 0.3 is 5.97 Å².